The maximum atomic E-state index is 12.3. The lowest BCUT2D eigenvalue weighted by molar-refractivity contribution is 0.576. The van der Waals surface area contributed by atoms with Gasteiger partial charge in [0.2, 0.25) is 5.95 Å². The molecule has 0 bridgehead atoms. The molecule has 54 valence electrons. The van der Waals surface area contributed by atoms with Gasteiger partial charge in [-0.2, -0.15) is 4.39 Å². The van der Waals surface area contributed by atoms with E-state index in [1.165, 1.54) is 6.07 Å². The summed E-state index contributed by atoms with van der Waals surface area (Å²) in [5, 5.41) is 0. The van der Waals surface area contributed by atoms with Crippen molar-refractivity contribution in [2.75, 3.05) is 0 Å². The van der Waals surface area contributed by atoms with Crippen LogP contribution < -0.4 is 5.73 Å². The van der Waals surface area contributed by atoms with Crippen LogP contribution in [-0.2, 0) is 6.54 Å². The van der Waals surface area contributed by atoms with Crippen molar-refractivity contribution in [3.8, 4) is 0 Å². The molecule has 2 nitrogen and oxygen atoms in total. The summed E-state index contributed by atoms with van der Waals surface area (Å²) in [7, 11) is 0. The molecule has 0 amide bonds. The topological polar surface area (TPSA) is 38.9 Å². The minimum atomic E-state index is -0.497. The quantitative estimate of drug-likeness (QED) is 0.704. The molecule has 0 aromatic carbocycles. The van der Waals surface area contributed by atoms with E-state index >= 15 is 0 Å². The summed E-state index contributed by atoms with van der Waals surface area (Å²) in [6.07, 6.45) is 0. The van der Waals surface area contributed by atoms with E-state index in [-0.39, 0.29) is 6.54 Å². The standard InChI is InChI=1S/C6H6BrFN2/c7-4-1-2-6(8)10-5(4)3-9/h1-2H,3,9H2. The zero-order valence-corrected chi connectivity index (χ0v) is 6.73. The summed E-state index contributed by atoms with van der Waals surface area (Å²) >= 11 is 3.18. The monoisotopic (exact) mass is 204 g/mol. The van der Waals surface area contributed by atoms with Crippen LogP contribution >= 0.6 is 15.9 Å². The molecule has 0 spiro atoms. The van der Waals surface area contributed by atoms with Gasteiger partial charge in [-0.15, -0.1) is 0 Å². The Labute approximate surface area is 66.4 Å². The Balaban J connectivity index is 3.09. The van der Waals surface area contributed by atoms with E-state index in [9.17, 15) is 4.39 Å². The van der Waals surface area contributed by atoms with Crippen molar-refractivity contribution in [2.45, 2.75) is 6.54 Å². The highest BCUT2D eigenvalue weighted by atomic mass is 79.9. The molecule has 1 heterocycles. The fourth-order valence-electron chi connectivity index (χ4n) is 0.601. The van der Waals surface area contributed by atoms with Crippen molar-refractivity contribution < 1.29 is 4.39 Å². The van der Waals surface area contributed by atoms with Gasteiger partial charge in [-0.25, -0.2) is 4.98 Å². The number of nitrogens with zero attached hydrogens (tertiary/aromatic N) is 1. The molecule has 1 aromatic rings. The number of hydrogen-bond donors (Lipinski definition) is 1. The third kappa shape index (κ3) is 1.52. The van der Waals surface area contributed by atoms with Crippen LogP contribution in [0.2, 0.25) is 0 Å². The number of hydrogen-bond acceptors (Lipinski definition) is 2. The Bertz CT molecular complexity index is 239. The summed E-state index contributed by atoms with van der Waals surface area (Å²) < 4.78 is 13.1. The molecule has 1 rings (SSSR count). The highest BCUT2D eigenvalue weighted by Crippen LogP contribution is 2.13. The van der Waals surface area contributed by atoms with Gasteiger partial charge >= 0.3 is 0 Å². The van der Waals surface area contributed by atoms with Crippen LogP contribution in [0.4, 0.5) is 4.39 Å². The molecule has 1 aromatic heterocycles. The van der Waals surface area contributed by atoms with Gasteiger partial charge in [-0.3, -0.25) is 0 Å². The van der Waals surface area contributed by atoms with Crippen molar-refractivity contribution in [1.29, 1.82) is 0 Å². The Morgan fingerprint density at radius 3 is 2.80 bits per heavy atom. The summed E-state index contributed by atoms with van der Waals surface area (Å²) in [5.41, 5.74) is 5.80. The van der Waals surface area contributed by atoms with E-state index in [0.29, 0.717) is 5.69 Å². The molecule has 2 N–H and O–H groups in total. The predicted molar refractivity (Wildman–Crippen MR) is 39.8 cm³/mol. The Morgan fingerprint density at radius 1 is 1.60 bits per heavy atom. The van der Waals surface area contributed by atoms with E-state index < -0.39 is 5.95 Å². The van der Waals surface area contributed by atoms with Gasteiger partial charge in [0.25, 0.3) is 0 Å². The summed E-state index contributed by atoms with van der Waals surface area (Å²) in [5.74, 6) is -0.497. The average Bonchev–Trinajstić information content (AvgIpc) is 1.94. The van der Waals surface area contributed by atoms with Gasteiger partial charge in [0.1, 0.15) is 0 Å². The van der Waals surface area contributed by atoms with Crippen molar-refractivity contribution in [3.05, 3.63) is 28.2 Å². The molecule has 0 saturated carbocycles. The second-order valence-electron chi connectivity index (χ2n) is 1.77. The number of rotatable bonds is 1. The van der Waals surface area contributed by atoms with E-state index in [1.54, 1.807) is 6.07 Å². The maximum Gasteiger partial charge on any atom is 0.213 e. The number of pyridine rings is 1. The van der Waals surface area contributed by atoms with Crippen LogP contribution in [0.3, 0.4) is 0 Å². The number of aromatic nitrogens is 1. The molecular weight excluding hydrogens is 199 g/mol. The van der Waals surface area contributed by atoms with Gasteiger partial charge in [-0.1, -0.05) is 0 Å². The van der Waals surface area contributed by atoms with Gasteiger partial charge < -0.3 is 5.73 Å². The molecule has 0 aliphatic heterocycles. The van der Waals surface area contributed by atoms with Crippen molar-refractivity contribution in [1.82, 2.24) is 4.98 Å². The lowest BCUT2D eigenvalue weighted by atomic mass is 10.3. The van der Waals surface area contributed by atoms with Crippen LogP contribution in [0, 0.1) is 5.95 Å². The third-order valence-electron chi connectivity index (χ3n) is 1.08. The maximum absolute atomic E-state index is 12.3. The van der Waals surface area contributed by atoms with Crippen LogP contribution in [0.1, 0.15) is 5.69 Å². The Kier molecular flexibility index (Phi) is 2.34. The van der Waals surface area contributed by atoms with Crippen LogP contribution in [0.5, 0.6) is 0 Å². The van der Waals surface area contributed by atoms with Crippen molar-refractivity contribution in [2.24, 2.45) is 5.73 Å². The van der Waals surface area contributed by atoms with Gasteiger partial charge in [0.15, 0.2) is 0 Å². The van der Waals surface area contributed by atoms with Crippen molar-refractivity contribution in [3.63, 3.8) is 0 Å². The fourth-order valence-corrected chi connectivity index (χ4v) is 0.984. The molecule has 10 heavy (non-hydrogen) atoms. The molecule has 4 heteroatoms. The van der Waals surface area contributed by atoms with Crippen molar-refractivity contribution >= 4 is 15.9 Å². The van der Waals surface area contributed by atoms with Crippen LogP contribution in [0.25, 0.3) is 0 Å². The Morgan fingerprint density at radius 2 is 2.30 bits per heavy atom. The second-order valence-corrected chi connectivity index (χ2v) is 2.62. The van der Waals surface area contributed by atoms with Gasteiger partial charge in [0.05, 0.1) is 5.69 Å². The highest BCUT2D eigenvalue weighted by Gasteiger charge is 1.99. The first kappa shape index (κ1) is 7.63. The van der Waals surface area contributed by atoms with E-state index in [0.717, 1.165) is 4.47 Å². The molecule has 0 fully saturated rings. The lowest BCUT2D eigenvalue weighted by Crippen LogP contribution is -2.01. The van der Waals surface area contributed by atoms with E-state index in [4.69, 9.17) is 5.73 Å². The molecule has 0 aliphatic rings. The minimum absolute atomic E-state index is 0.248. The molecule has 0 aliphatic carbocycles. The van der Waals surface area contributed by atoms with E-state index in [1.807, 2.05) is 0 Å². The molecule has 0 atom stereocenters. The highest BCUT2D eigenvalue weighted by molar-refractivity contribution is 9.10. The van der Waals surface area contributed by atoms with Gasteiger partial charge in [-0.05, 0) is 28.1 Å². The molecule has 0 saturated heterocycles. The minimum Gasteiger partial charge on any atom is -0.325 e. The smallest absolute Gasteiger partial charge is 0.213 e. The third-order valence-corrected chi connectivity index (χ3v) is 1.80. The zero-order valence-electron chi connectivity index (χ0n) is 5.14. The summed E-state index contributed by atoms with van der Waals surface area (Å²) in [6, 6.07) is 2.87. The first-order chi connectivity index (χ1) is 4.74. The normalized spacial score (nSPS) is 9.90. The molecule has 0 unspecified atom stereocenters. The number of halogens is 2. The summed E-state index contributed by atoms with van der Waals surface area (Å²) in [4.78, 5) is 3.55. The largest absolute Gasteiger partial charge is 0.325 e. The first-order valence-corrected chi connectivity index (χ1v) is 3.54. The predicted octanol–water partition coefficient (Wildman–Crippen LogP) is 1.44. The number of nitrogens with two attached hydrogens (primary N) is 1. The first-order valence-electron chi connectivity index (χ1n) is 2.75. The van der Waals surface area contributed by atoms with Gasteiger partial charge in [0, 0.05) is 11.0 Å². The van der Waals surface area contributed by atoms with Crippen LogP contribution in [-0.4, -0.2) is 4.98 Å². The van der Waals surface area contributed by atoms with Crippen LogP contribution in [0.15, 0.2) is 16.6 Å². The molecule has 0 radical (unpaired) electrons. The second kappa shape index (κ2) is 3.07. The SMILES string of the molecule is NCc1nc(F)ccc1Br. The fraction of sp³-hybridized carbons (Fsp3) is 0.167. The molecular formula is C6H6BrFN2. The summed E-state index contributed by atoms with van der Waals surface area (Å²) in [6.45, 7) is 0.248. The van der Waals surface area contributed by atoms with E-state index in [2.05, 4.69) is 20.9 Å². The average molecular weight is 205 g/mol. The lowest BCUT2D eigenvalue weighted by Gasteiger charge is -1.97. The Hall–Kier alpha value is -0.480. The zero-order chi connectivity index (χ0) is 7.56.